The van der Waals surface area contributed by atoms with Crippen LogP contribution in [0.25, 0.3) is 0 Å². The second-order valence-electron chi connectivity index (χ2n) is 9.48. The third kappa shape index (κ3) is 5.85. The first-order chi connectivity index (χ1) is 15.2. The van der Waals surface area contributed by atoms with E-state index >= 15 is 0 Å². The van der Waals surface area contributed by atoms with Crippen molar-refractivity contribution in [1.29, 1.82) is 0 Å². The Hall–Kier alpha value is -2.60. The molecule has 0 amide bonds. The number of rotatable bonds is 10. The van der Waals surface area contributed by atoms with E-state index in [2.05, 4.69) is 10.3 Å². The van der Waals surface area contributed by atoms with E-state index in [9.17, 15) is 9.59 Å². The minimum absolute atomic E-state index is 0.0789. The van der Waals surface area contributed by atoms with Gasteiger partial charge in [0.1, 0.15) is 0 Å². The number of nitrogens with zero attached hydrogens (tertiary/aromatic N) is 2. The van der Waals surface area contributed by atoms with Crippen molar-refractivity contribution >= 4 is 34.7 Å². The van der Waals surface area contributed by atoms with Gasteiger partial charge in [-0.2, -0.15) is 10.3 Å². The molecule has 2 atom stereocenters. The molecule has 0 saturated carbocycles. The van der Waals surface area contributed by atoms with Crippen LogP contribution in [0.4, 0.5) is 0 Å². The van der Waals surface area contributed by atoms with E-state index in [1.165, 1.54) is 12.1 Å². The molecule has 0 aliphatic carbocycles. The Morgan fingerprint density at radius 1 is 0.879 bits per heavy atom. The largest absolute Gasteiger partial charge is 0.381 e. The van der Waals surface area contributed by atoms with Gasteiger partial charge in [-0.05, 0) is 48.1 Å². The van der Waals surface area contributed by atoms with Crippen LogP contribution in [0.15, 0.2) is 30.8 Å². The van der Waals surface area contributed by atoms with Crippen LogP contribution in [0.5, 0.6) is 0 Å². The number of thiocarbonyl (C=S) groups is 2. The predicted molar refractivity (Wildman–Crippen MR) is 134 cm³/mol. The summed E-state index contributed by atoms with van der Waals surface area (Å²) in [6, 6.07) is 1.77. The van der Waals surface area contributed by atoms with E-state index in [4.69, 9.17) is 44.9 Å². The number of aromatic amines is 2. The van der Waals surface area contributed by atoms with Crippen LogP contribution in [-0.2, 0) is 0 Å². The highest BCUT2D eigenvalue weighted by atomic mass is 32.1. The third-order valence-electron chi connectivity index (χ3n) is 6.42. The minimum atomic E-state index is -0.501. The van der Waals surface area contributed by atoms with E-state index in [0.717, 1.165) is 12.8 Å². The van der Waals surface area contributed by atoms with Crippen molar-refractivity contribution in [3.8, 4) is 0 Å². The molecule has 10 nitrogen and oxygen atoms in total. The van der Waals surface area contributed by atoms with Crippen molar-refractivity contribution in [2.75, 3.05) is 6.67 Å². The van der Waals surface area contributed by atoms with Crippen LogP contribution in [0.1, 0.15) is 78.0 Å². The van der Waals surface area contributed by atoms with Gasteiger partial charge in [-0.15, -0.1) is 0 Å². The van der Waals surface area contributed by atoms with Gasteiger partial charge in [0.15, 0.2) is 21.7 Å². The maximum Gasteiger partial charge on any atom is 0.280 e. The van der Waals surface area contributed by atoms with E-state index < -0.39 is 22.9 Å². The molecule has 6 N–H and O–H groups in total. The summed E-state index contributed by atoms with van der Waals surface area (Å²) in [7, 11) is 0. The van der Waals surface area contributed by atoms with Gasteiger partial charge in [0, 0.05) is 12.1 Å². The Morgan fingerprint density at radius 3 is 1.42 bits per heavy atom. The van der Waals surface area contributed by atoms with Crippen molar-refractivity contribution in [1.82, 2.24) is 20.1 Å². The highest BCUT2D eigenvalue weighted by Gasteiger charge is 2.43. The molecule has 33 heavy (non-hydrogen) atoms. The van der Waals surface area contributed by atoms with Gasteiger partial charge in [0.2, 0.25) is 0 Å². The van der Waals surface area contributed by atoms with Crippen molar-refractivity contribution < 1.29 is 9.05 Å². The maximum atomic E-state index is 11.9. The number of aromatic nitrogens is 2. The van der Waals surface area contributed by atoms with Gasteiger partial charge in [-0.1, -0.05) is 41.5 Å². The zero-order valence-corrected chi connectivity index (χ0v) is 21.6. The second kappa shape index (κ2) is 10.1. The average Bonchev–Trinajstić information content (AvgIpc) is 3.34. The molecule has 0 spiro atoms. The number of nitrogens with two attached hydrogens (primary N) is 2. The molecule has 0 bridgehead atoms. The fourth-order valence-electron chi connectivity index (χ4n) is 3.89. The Balaban J connectivity index is 2.64. The maximum absolute atomic E-state index is 11.9. The molecule has 0 aliphatic rings. The monoisotopic (exact) mass is 498 g/mol. The summed E-state index contributed by atoms with van der Waals surface area (Å²) in [6.07, 6.45) is 1.46. The summed E-state index contributed by atoms with van der Waals surface area (Å²) in [5.41, 5.74) is 10.9. The molecule has 0 fully saturated rings. The topological polar surface area (TPSA) is 151 Å². The standard InChI is InChI=1S/C21H34N6O4S2/c1-7-20(3,4)16(12-9-14(28)24-30-12)26(18(22)32)11-27(19(23)33)17(21(5,6)8-2)13-10-15(29)25-31-13/h9-10,16-17H,7-8,11H2,1-6H3,(H2,22,32)(H2,23,33)(H,24,28)(H,25,29). The highest BCUT2D eigenvalue weighted by Crippen LogP contribution is 2.44. The molecule has 2 heterocycles. The first-order valence-corrected chi connectivity index (χ1v) is 11.6. The number of H-pyrrole nitrogens is 2. The van der Waals surface area contributed by atoms with Crippen molar-refractivity contribution in [2.45, 2.75) is 66.5 Å². The number of nitrogens with one attached hydrogen (secondary N) is 2. The molecule has 12 heteroatoms. The van der Waals surface area contributed by atoms with Crippen LogP contribution >= 0.6 is 24.4 Å². The summed E-state index contributed by atoms with van der Waals surface area (Å²) in [6.45, 7) is 12.2. The van der Waals surface area contributed by atoms with E-state index in [-0.39, 0.29) is 28.0 Å². The minimum Gasteiger partial charge on any atom is -0.381 e. The molecule has 2 rings (SSSR count). The molecular weight excluding hydrogens is 464 g/mol. The lowest BCUT2D eigenvalue weighted by molar-refractivity contribution is 0.0431. The first kappa shape index (κ1) is 26.7. The zero-order valence-electron chi connectivity index (χ0n) is 19.9. The average molecular weight is 499 g/mol. The van der Waals surface area contributed by atoms with Crippen LogP contribution in [0, 0.1) is 10.8 Å². The van der Waals surface area contributed by atoms with Gasteiger partial charge < -0.3 is 30.3 Å². The molecule has 0 aromatic carbocycles. The molecule has 0 radical (unpaired) electrons. The molecule has 0 aliphatic heterocycles. The van der Waals surface area contributed by atoms with Crippen molar-refractivity contribution in [3.63, 3.8) is 0 Å². The van der Waals surface area contributed by atoms with Crippen LogP contribution in [0.2, 0.25) is 0 Å². The van der Waals surface area contributed by atoms with Crippen molar-refractivity contribution in [2.24, 2.45) is 22.3 Å². The zero-order chi connectivity index (χ0) is 25.1. The lowest BCUT2D eigenvalue weighted by atomic mass is 9.79. The van der Waals surface area contributed by atoms with Crippen LogP contribution in [0.3, 0.4) is 0 Å². The Labute approximate surface area is 203 Å². The smallest absolute Gasteiger partial charge is 0.280 e. The highest BCUT2D eigenvalue weighted by molar-refractivity contribution is 7.80. The lowest BCUT2D eigenvalue weighted by Crippen LogP contribution is -2.54. The van der Waals surface area contributed by atoms with Gasteiger partial charge in [0.05, 0.1) is 18.8 Å². The molecule has 2 aromatic rings. The Bertz CT molecular complexity index is 998. The molecule has 2 unspecified atom stereocenters. The van der Waals surface area contributed by atoms with E-state index in [1.807, 2.05) is 41.5 Å². The Morgan fingerprint density at radius 2 is 1.21 bits per heavy atom. The van der Waals surface area contributed by atoms with E-state index in [0.29, 0.717) is 11.5 Å². The Kier molecular flexibility index (Phi) is 8.18. The second-order valence-corrected chi connectivity index (χ2v) is 10.3. The summed E-state index contributed by atoms with van der Waals surface area (Å²) >= 11 is 10.9. The molecule has 2 aromatic heterocycles. The SMILES string of the molecule is CCC(C)(C)C(c1cc(=O)[nH]o1)N(CN(C(N)=S)C(c1cc(=O)[nH]o1)C(C)(C)CC)C(N)=S. The molecule has 184 valence electrons. The number of hydrogen-bond acceptors (Lipinski definition) is 6. The normalized spacial score (nSPS) is 14.0. The molecule has 0 saturated heterocycles. The fourth-order valence-corrected chi connectivity index (χ4v) is 4.22. The molecular formula is C21H34N6O4S2. The summed E-state index contributed by atoms with van der Waals surface area (Å²) < 4.78 is 11.0. The van der Waals surface area contributed by atoms with Gasteiger partial charge in [0.25, 0.3) is 11.1 Å². The summed E-state index contributed by atoms with van der Waals surface area (Å²) in [5.74, 6) is 0.782. The quantitative estimate of drug-likeness (QED) is 0.284. The predicted octanol–water partition coefficient (Wildman–Crippen LogP) is 2.95. The van der Waals surface area contributed by atoms with Crippen LogP contribution in [-0.4, -0.2) is 37.0 Å². The van der Waals surface area contributed by atoms with E-state index in [1.54, 1.807) is 9.80 Å². The van der Waals surface area contributed by atoms with Gasteiger partial charge >= 0.3 is 0 Å². The first-order valence-electron chi connectivity index (χ1n) is 10.7. The summed E-state index contributed by atoms with van der Waals surface area (Å²) in [5, 5.41) is 4.84. The van der Waals surface area contributed by atoms with Crippen molar-refractivity contribution in [3.05, 3.63) is 44.4 Å². The third-order valence-corrected chi connectivity index (χ3v) is 6.89. The van der Waals surface area contributed by atoms with Gasteiger partial charge in [-0.25, -0.2) is 0 Å². The lowest BCUT2D eigenvalue weighted by Gasteiger charge is -2.46. The number of hydrogen-bond donors (Lipinski definition) is 4. The van der Waals surface area contributed by atoms with Gasteiger partial charge in [-0.3, -0.25) is 9.59 Å². The van der Waals surface area contributed by atoms with Crippen LogP contribution < -0.4 is 22.6 Å². The fraction of sp³-hybridized carbons (Fsp3) is 0.619. The summed E-state index contributed by atoms with van der Waals surface area (Å²) in [4.78, 5) is 27.2.